The number of hydrogen-bond donors (Lipinski definition) is 0. The van der Waals surface area contributed by atoms with Crippen LogP contribution in [-0.4, -0.2) is 18.4 Å². The predicted octanol–water partition coefficient (Wildman–Crippen LogP) is 6.56. The van der Waals surface area contributed by atoms with Crippen LogP contribution >= 0.6 is 11.3 Å². The van der Waals surface area contributed by atoms with Crippen LogP contribution in [0.4, 0.5) is 0 Å². The molecule has 0 amide bonds. The summed E-state index contributed by atoms with van der Waals surface area (Å²) in [4.78, 5) is 26.1. The number of thiophene rings is 1. The number of hydrogen-bond acceptors (Lipinski definition) is 7. The highest BCUT2D eigenvalue weighted by atomic mass is 32.1. The number of nitrogens with zero attached hydrogens (tertiary/aromatic N) is 2. The van der Waals surface area contributed by atoms with Crippen molar-refractivity contribution in [2.75, 3.05) is 6.61 Å². The maximum absolute atomic E-state index is 13.1. The number of ketones is 1. The van der Waals surface area contributed by atoms with Gasteiger partial charge in [0.1, 0.15) is 29.4 Å². The normalized spacial score (nSPS) is 11.0. The van der Waals surface area contributed by atoms with Crippen LogP contribution < -0.4 is 4.74 Å². The molecule has 1 aromatic heterocycles. The van der Waals surface area contributed by atoms with Gasteiger partial charge in [-0.05, 0) is 47.9 Å². The minimum Gasteiger partial charge on any atom is -0.488 e. The van der Waals surface area contributed by atoms with Crippen molar-refractivity contribution in [2.24, 2.45) is 0 Å². The Morgan fingerprint density at radius 2 is 1.74 bits per heavy atom. The van der Waals surface area contributed by atoms with Crippen molar-refractivity contribution in [2.45, 2.75) is 26.9 Å². The monoisotopic (exact) mass is 520 g/mol. The standard InChI is InChI=1S/C31H24N2O4S/c1-3-36-31(35)30-20(2)26(18-33)29(38-30)16-27(34)24(17-32)15-22-10-5-7-14-28(22)37-19-23-12-8-11-21-9-4-6-13-25(21)23/h4-15H,3,16,19H2,1-2H3/b24-15+. The zero-order valence-electron chi connectivity index (χ0n) is 21.0. The highest BCUT2D eigenvalue weighted by Gasteiger charge is 2.23. The van der Waals surface area contributed by atoms with Crippen LogP contribution in [0.5, 0.6) is 5.75 Å². The molecule has 4 aromatic rings. The fourth-order valence-electron chi connectivity index (χ4n) is 4.11. The quantitative estimate of drug-likeness (QED) is 0.141. The zero-order valence-corrected chi connectivity index (χ0v) is 21.8. The average Bonchev–Trinajstić information content (AvgIpc) is 3.25. The third-order valence-electron chi connectivity index (χ3n) is 6.02. The molecule has 0 saturated heterocycles. The van der Waals surface area contributed by atoms with Crippen LogP contribution in [0.25, 0.3) is 16.8 Å². The molecular formula is C31H24N2O4S. The second-order valence-electron chi connectivity index (χ2n) is 8.42. The van der Waals surface area contributed by atoms with E-state index in [9.17, 15) is 20.1 Å². The lowest BCUT2D eigenvalue weighted by atomic mass is 10.0. The average molecular weight is 521 g/mol. The number of esters is 1. The highest BCUT2D eigenvalue weighted by Crippen LogP contribution is 2.30. The van der Waals surface area contributed by atoms with E-state index in [0.29, 0.717) is 33.2 Å². The van der Waals surface area contributed by atoms with E-state index < -0.39 is 11.8 Å². The second-order valence-corrected chi connectivity index (χ2v) is 9.53. The van der Waals surface area contributed by atoms with Gasteiger partial charge in [0.2, 0.25) is 0 Å². The Labute approximate surface area is 225 Å². The number of benzene rings is 3. The van der Waals surface area contributed by atoms with Crippen LogP contribution in [0.15, 0.2) is 72.3 Å². The second kappa shape index (κ2) is 12.0. The van der Waals surface area contributed by atoms with Crippen molar-refractivity contribution in [3.63, 3.8) is 0 Å². The number of allylic oxidation sites excluding steroid dienone is 1. The molecule has 6 nitrogen and oxygen atoms in total. The van der Waals surface area contributed by atoms with Gasteiger partial charge in [-0.1, -0.05) is 60.7 Å². The van der Waals surface area contributed by atoms with Gasteiger partial charge >= 0.3 is 5.97 Å². The first-order valence-electron chi connectivity index (χ1n) is 12.0. The lowest BCUT2D eigenvalue weighted by Crippen LogP contribution is -2.05. The number of ether oxygens (including phenoxy) is 2. The van der Waals surface area contributed by atoms with Crippen molar-refractivity contribution in [1.82, 2.24) is 0 Å². The van der Waals surface area contributed by atoms with Gasteiger partial charge in [-0.3, -0.25) is 4.79 Å². The van der Waals surface area contributed by atoms with Gasteiger partial charge in [-0.25, -0.2) is 4.79 Å². The number of fused-ring (bicyclic) bond motifs is 1. The molecule has 0 saturated carbocycles. The lowest BCUT2D eigenvalue weighted by Gasteiger charge is -2.11. The molecule has 0 N–H and O–H groups in total. The van der Waals surface area contributed by atoms with E-state index >= 15 is 0 Å². The molecular weight excluding hydrogens is 496 g/mol. The van der Waals surface area contributed by atoms with Crippen molar-refractivity contribution >= 4 is 39.9 Å². The van der Waals surface area contributed by atoms with Gasteiger partial charge in [0, 0.05) is 16.9 Å². The molecule has 0 bridgehead atoms. The minimum absolute atomic E-state index is 0.0705. The Bertz CT molecular complexity index is 1630. The number of rotatable bonds is 9. The van der Waals surface area contributed by atoms with Gasteiger partial charge in [0.05, 0.1) is 17.7 Å². The number of Topliss-reactive ketones (excluding diaryl/α,β-unsaturated/α-hetero) is 1. The summed E-state index contributed by atoms with van der Waals surface area (Å²) >= 11 is 1.05. The molecule has 3 aromatic carbocycles. The lowest BCUT2D eigenvalue weighted by molar-refractivity contribution is -0.114. The molecule has 1 heterocycles. The maximum atomic E-state index is 13.1. The van der Waals surface area contributed by atoms with E-state index in [1.54, 1.807) is 32.0 Å². The molecule has 0 unspecified atom stereocenters. The number of carbonyl (C=O) groups is 2. The largest absolute Gasteiger partial charge is 0.488 e. The van der Waals surface area contributed by atoms with Crippen molar-refractivity contribution in [1.29, 1.82) is 10.5 Å². The van der Waals surface area contributed by atoms with E-state index in [4.69, 9.17) is 9.47 Å². The van der Waals surface area contributed by atoms with Gasteiger partial charge in [-0.15, -0.1) is 11.3 Å². The number of para-hydroxylation sites is 1. The summed E-state index contributed by atoms with van der Waals surface area (Å²) in [7, 11) is 0. The van der Waals surface area contributed by atoms with Crippen molar-refractivity contribution in [3.8, 4) is 17.9 Å². The van der Waals surface area contributed by atoms with E-state index in [0.717, 1.165) is 27.7 Å². The fraction of sp³-hybridized carbons (Fsp3) is 0.161. The first-order chi connectivity index (χ1) is 18.5. The topological polar surface area (TPSA) is 100 Å². The van der Waals surface area contributed by atoms with Crippen LogP contribution in [0.2, 0.25) is 0 Å². The molecule has 0 aliphatic carbocycles. The summed E-state index contributed by atoms with van der Waals surface area (Å²) in [5, 5.41) is 21.6. The Kier molecular flexibility index (Phi) is 8.33. The Morgan fingerprint density at radius 1 is 1.00 bits per heavy atom. The minimum atomic E-state index is -0.529. The number of nitriles is 2. The molecule has 188 valence electrons. The Hall–Kier alpha value is -4.72. The van der Waals surface area contributed by atoms with Crippen LogP contribution in [0, 0.1) is 29.6 Å². The van der Waals surface area contributed by atoms with Gasteiger partial charge in [-0.2, -0.15) is 10.5 Å². The van der Waals surface area contributed by atoms with E-state index in [1.807, 2.05) is 54.6 Å². The first kappa shape index (κ1) is 26.3. The van der Waals surface area contributed by atoms with Gasteiger partial charge in [0.25, 0.3) is 0 Å². The van der Waals surface area contributed by atoms with Crippen LogP contribution in [-0.2, 0) is 22.6 Å². The summed E-state index contributed by atoms with van der Waals surface area (Å²) in [6.07, 6.45) is 1.33. The first-order valence-corrected chi connectivity index (χ1v) is 12.8. The molecule has 4 rings (SSSR count). The molecule has 0 aliphatic heterocycles. The van der Waals surface area contributed by atoms with Crippen LogP contribution in [0.3, 0.4) is 0 Å². The van der Waals surface area contributed by atoms with Gasteiger partial charge in [0.15, 0.2) is 5.78 Å². The molecule has 0 radical (unpaired) electrons. The van der Waals surface area contributed by atoms with E-state index in [1.165, 1.54) is 6.08 Å². The predicted molar refractivity (Wildman–Crippen MR) is 147 cm³/mol. The highest BCUT2D eigenvalue weighted by molar-refractivity contribution is 7.14. The zero-order chi connectivity index (χ0) is 27.1. The third kappa shape index (κ3) is 5.64. The summed E-state index contributed by atoms with van der Waals surface area (Å²) in [5.74, 6) is -0.446. The van der Waals surface area contributed by atoms with Crippen LogP contribution in [0.1, 0.15) is 43.7 Å². The SMILES string of the molecule is CCOC(=O)c1sc(CC(=O)/C(C#N)=C/c2ccccc2OCc2cccc3ccccc23)c(C#N)c1C. The fourth-order valence-corrected chi connectivity index (χ4v) is 5.26. The number of carbonyl (C=O) groups excluding carboxylic acids is 2. The molecule has 0 spiro atoms. The molecule has 0 fully saturated rings. The molecule has 0 aliphatic rings. The van der Waals surface area contributed by atoms with E-state index in [2.05, 4.69) is 6.07 Å². The third-order valence-corrected chi connectivity index (χ3v) is 7.29. The van der Waals surface area contributed by atoms with E-state index in [-0.39, 0.29) is 24.2 Å². The van der Waals surface area contributed by atoms with Crippen molar-refractivity contribution < 1.29 is 19.1 Å². The Morgan fingerprint density at radius 3 is 2.50 bits per heavy atom. The molecule has 7 heteroatoms. The maximum Gasteiger partial charge on any atom is 0.348 e. The summed E-state index contributed by atoms with van der Waals surface area (Å²) < 4.78 is 11.2. The van der Waals surface area contributed by atoms with Gasteiger partial charge < -0.3 is 9.47 Å². The summed E-state index contributed by atoms with van der Waals surface area (Å²) in [6.45, 7) is 3.87. The smallest absolute Gasteiger partial charge is 0.348 e. The molecule has 38 heavy (non-hydrogen) atoms. The Balaban J connectivity index is 1.58. The van der Waals surface area contributed by atoms with Crippen molar-refractivity contribution in [3.05, 3.63) is 104 Å². The summed E-state index contributed by atoms with van der Waals surface area (Å²) in [6, 6.07) is 25.3. The molecule has 0 atom stereocenters. The summed E-state index contributed by atoms with van der Waals surface area (Å²) in [5.41, 5.74) is 2.29.